The van der Waals surface area contributed by atoms with Crippen molar-refractivity contribution in [2.75, 3.05) is 0 Å². The molecule has 0 amide bonds. The van der Waals surface area contributed by atoms with Gasteiger partial charge < -0.3 is 10.2 Å². The van der Waals surface area contributed by atoms with Gasteiger partial charge in [0.25, 0.3) is 0 Å². The molecule has 0 bridgehead atoms. The molecule has 0 atom stereocenters. The first-order chi connectivity index (χ1) is 15.2. The van der Waals surface area contributed by atoms with Gasteiger partial charge in [-0.15, -0.1) is 0 Å². The van der Waals surface area contributed by atoms with Crippen molar-refractivity contribution in [3.05, 3.63) is 120 Å². The van der Waals surface area contributed by atoms with E-state index in [1.807, 2.05) is 91.0 Å². The number of para-hydroxylation sites is 4. The standard InChI is InChI=1S/C27H22N2O2/c30-26-17-8-7-16-24(26)25(29-23-14-5-2-6-15-23)18-20-10-9-11-21(27(20)31)19-28-22-12-3-1-4-13-22/h1-17,19,30-31H,18H2. The van der Waals surface area contributed by atoms with E-state index in [1.165, 1.54) is 0 Å². The number of benzene rings is 4. The Morgan fingerprint density at radius 3 is 2.03 bits per heavy atom. The smallest absolute Gasteiger partial charge is 0.127 e. The first-order valence-electron chi connectivity index (χ1n) is 10.0. The van der Waals surface area contributed by atoms with Crippen molar-refractivity contribution in [2.24, 2.45) is 9.98 Å². The fourth-order valence-electron chi connectivity index (χ4n) is 3.27. The van der Waals surface area contributed by atoms with Crippen molar-refractivity contribution >= 4 is 23.3 Å². The van der Waals surface area contributed by atoms with E-state index in [0.29, 0.717) is 28.8 Å². The second kappa shape index (κ2) is 9.55. The van der Waals surface area contributed by atoms with Gasteiger partial charge in [0.1, 0.15) is 11.5 Å². The van der Waals surface area contributed by atoms with Gasteiger partial charge in [-0.1, -0.05) is 60.7 Å². The zero-order valence-corrected chi connectivity index (χ0v) is 16.9. The topological polar surface area (TPSA) is 65.2 Å². The van der Waals surface area contributed by atoms with E-state index in [1.54, 1.807) is 18.3 Å². The van der Waals surface area contributed by atoms with Gasteiger partial charge in [0.15, 0.2) is 0 Å². The number of aromatic hydroxyl groups is 2. The molecule has 0 saturated carbocycles. The van der Waals surface area contributed by atoms with Crippen molar-refractivity contribution in [1.82, 2.24) is 0 Å². The van der Waals surface area contributed by atoms with Crippen LogP contribution in [-0.2, 0) is 6.42 Å². The molecule has 0 fully saturated rings. The van der Waals surface area contributed by atoms with Gasteiger partial charge >= 0.3 is 0 Å². The SMILES string of the molecule is Oc1ccccc1C(Cc1cccc(C=Nc2ccccc2)c1O)=Nc1ccccc1. The van der Waals surface area contributed by atoms with Crippen LogP contribution in [0.3, 0.4) is 0 Å². The predicted octanol–water partition coefficient (Wildman–Crippen LogP) is 6.21. The average molecular weight is 406 g/mol. The minimum atomic E-state index is 0.151. The highest BCUT2D eigenvalue weighted by molar-refractivity contribution is 6.05. The molecule has 152 valence electrons. The fourth-order valence-corrected chi connectivity index (χ4v) is 3.27. The highest BCUT2D eigenvalue weighted by Crippen LogP contribution is 2.27. The van der Waals surface area contributed by atoms with Crippen LogP contribution in [0.25, 0.3) is 0 Å². The van der Waals surface area contributed by atoms with Gasteiger partial charge in [-0.3, -0.25) is 9.98 Å². The summed E-state index contributed by atoms with van der Waals surface area (Å²) in [7, 11) is 0. The minimum Gasteiger partial charge on any atom is -0.507 e. The van der Waals surface area contributed by atoms with Crippen LogP contribution in [0.1, 0.15) is 16.7 Å². The lowest BCUT2D eigenvalue weighted by molar-refractivity contribution is 0.468. The third-order valence-corrected chi connectivity index (χ3v) is 4.85. The van der Waals surface area contributed by atoms with Crippen LogP contribution in [0.2, 0.25) is 0 Å². The van der Waals surface area contributed by atoms with E-state index >= 15 is 0 Å². The molecular formula is C27H22N2O2. The molecule has 4 aromatic rings. The fraction of sp³-hybridized carbons (Fsp3) is 0.0370. The lowest BCUT2D eigenvalue weighted by Crippen LogP contribution is -2.06. The summed E-state index contributed by atoms with van der Waals surface area (Å²) in [5.41, 5.74) is 4.22. The Hall–Kier alpha value is -4.18. The molecule has 0 aliphatic heterocycles. The number of nitrogens with zero attached hydrogens (tertiary/aromatic N) is 2. The third kappa shape index (κ3) is 5.06. The summed E-state index contributed by atoms with van der Waals surface area (Å²) in [5.74, 6) is 0.303. The molecule has 4 heteroatoms. The van der Waals surface area contributed by atoms with Gasteiger partial charge in [-0.25, -0.2) is 0 Å². The summed E-state index contributed by atoms with van der Waals surface area (Å²) in [6, 6.07) is 31.8. The molecule has 0 aliphatic carbocycles. The zero-order chi connectivity index (χ0) is 21.5. The maximum Gasteiger partial charge on any atom is 0.127 e. The molecule has 0 radical (unpaired) electrons. The number of phenolic OH excluding ortho intramolecular Hbond substituents is 2. The summed E-state index contributed by atoms with van der Waals surface area (Å²) >= 11 is 0. The van der Waals surface area contributed by atoms with Crippen molar-refractivity contribution in [1.29, 1.82) is 0 Å². The van der Waals surface area contributed by atoms with Gasteiger partial charge in [0.2, 0.25) is 0 Å². The molecule has 2 N–H and O–H groups in total. The van der Waals surface area contributed by atoms with Crippen molar-refractivity contribution in [3.8, 4) is 11.5 Å². The molecule has 0 heterocycles. The van der Waals surface area contributed by atoms with Crippen LogP contribution >= 0.6 is 0 Å². The second-order valence-electron chi connectivity index (χ2n) is 7.04. The normalized spacial score (nSPS) is 11.7. The second-order valence-corrected chi connectivity index (χ2v) is 7.04. The van der Waals surface area contributed by atoms with E-state index in [9.17, 15) is 10.2 Å². The largest absolute Gasteiger partial charge is 0.507 e. The van der Waals surface area contributed by atoms with Crippen LogP contribution in [0, 0.1) is 0 Å². The molecule has 0 unspecified atom stereocenters. The number of aliphatic imine (C=N–C) groups is 2. The number of phenols is 2. The lowest BCUT2D eigenvalue weighted by atomic mass is 9.98. The van der Waals surface area contributed by atoms with Crippen molar-refractivity contribution in [3.63, 3.8) is 0 Å². The Balaban J connectivity index is 1.70. The molecule has 0 aliphatic rings. The molecule has 0 spiro atoms. The molecule has 4 nitrogen and oxygen atoms in total. The zero-order valence-electron chi connectivity index (χ0n) is 16.9. The molecule has 0 aromatic heterocycles. The van der Waals surface area contributed by atoms with Crippen LogP contribution in [0.4, 0.5) is 11.4 Å². The van der Waals surface area contributed by atoms with E-state index in [0.717, 1.165) is 11.4 Å². The van der Waals surface area contributed by atoms with Crippen molar-refractivity contribution in [2.45, 2.75) is 6.42 Å². The van der Waals surface area contributed by atoms with Gasteiger partial charge in [-0.05, 0) is 42.5 Å². The van der Waals surface area contributed by atoms with Gasteiger partial charge in [0, 0.05) is 29.3 Å². The van der Waals surface area contributed by atoms with E-state index in [-0.39, 0.29) is 11.5 Å². The van der Waals surface area contributed by atoms with E-state index in [2.05, 4.69) is 4.99 Å². The molecule has 0 saturated heterocycles. The Labute approximate surface area is 181 Å². The Kier molecular flexibility index (Phi) is 6.19. The first kappa shape index (κ1) is 20.1. The Bertz CT molecular complexity index is 1220. The quantitative estimate of drug-likeness (QED) is 0.374. The predicted molar refractivity (Wildman–Crippen MR) is 126 cm³/mol. The molecule has 4 aromatic carbocycles. The average Bonchev–Trinajstić information content (AvgIpc) is 2.81. The van der Waals surface area contributed by atoms with Crippen LogP contribution in [0.15, 0.2) is 113 Å². The van der Waals surface area contributed by atoms with Crippen molar-refractivity contribution < 1.29 is 10.2 Å². The first-order valence-corrected chi connectivity index (χ1v) is 10.0. The Morgan fingerprint density at radius 2 is 1.32 bits per heavy atom. The summed E-state index contributed by atoms with van der Waals surface area (Å²) < 4.78 is 0. The highest BCUT2D eigenvalue weighted by atomic mass is 16.3. The van der Waals surface area contributed by atoms with E-state index < -0.39 is 0 Å². The highest BCUT2D eigenvalue weighted by Gasteiger charge is 2.14. The summed E-state index contributed by atoms with van der Waals surface area (Å²) in [5, 5.41) is 21.3. The van der Waals surface area contributed by atoms with Crippen LogP contribution < -0.4 is 0 Å². The van der Waals surface area contributed by atoms with Crippen LogP contribution in [-0.4, -0.2) is 22.1 Å². The maximum absolute atomic E-state index is 10.9. The third-order valence-electron chi connectivity index (χ3n) is 4.85. The summed E-state index contributed by atoms with van der Waals surface area (Å²) in [6.07, 6.45) is 2.01. The molecule has 31 heavy (non-hydrogen) atoms. The number of rotatable bonds is 6. The van der Waals surface area contributed by atoms with E-state index in [4.69, 9.17) is 4.99 Å². The monoisotopic (exact) mass is 406 g/mol. The minimum absolute atomic E-state index is 0.151. The van der Waals surface area contributed by atoms with Gasteiger partial charge in [-0.2, -0.15) is 0 Å². The Morgan fingerprint density at radius 1 is 0.677 bits per heavy atom. The van der Waals surface area contributed by atoms with Crippen LogP contribution in [0.5, 0.6) is 11.5 Å². The maximum atomic E-state index is 10.9. The lowest BCUT2D eigenvalue weighted by Gasteiger charge is -2.12. The van der Waals surface area contributed by atoms with Gasteiger partial charge in [0.05, 0.1) is 17.1 Å². The summed E-state index contributed by atoms with van der Waals surface area (Å²) in [4.78, 5) is 9.20. The molecule has 4 rings (SSSR count). The number of hydrogen-bond donors (Lipinski definition) is 2. The summed E-state index contributed by atoms with van der Waals surface area (Å²) in [6.45, 7) is 0. The molecular weight excluding hydrogens is 384 g/mol. The number of hydrogen-bond acceptors (Lipinski definition) is 4.